The van der Waals surface area contributed by atoms with Crippen LogP contribution < -0.4 is 10.1 Å². The lowest BCUT2D eigenvalue weighted by Gasteiger charge is -2.28. The van der Waals surface area contributed by atoms with Crippen molar-refractivity contribution in [2.24, 2.45) is 5.92 Å². The number of hydrogen-bond donors (Lipinski definition) is 1. The van der Waals surface area contributed by atoms with Gasteiger partial charge in [-0.2, -0.15) is 0 Å². The fourth-order valence-electron chi connectivity index (χ4n) is 2.87. The molecule has 2 rings (SSSR count). The molecule has 1 fully saturated rings. The molecule has 0 spiro atoms. The summed E-state index contributed by atoms with van der Waals surface area (Å²) in [4.78, 5) is 0. The average molecular weight is 340 g/mol. The van der Waals surface area contributed by atoms with Crippen LogP contribution in [0, 0.1) is 12.8 Å². The van der Waals surface area contributed by atoms with Crippen LogP contribution >= 0.6 is 15.9 Å². The van der Waals surface area contributed by atoms with Crippen LogP contribution in [0.2, 0.25) is 0 Å². The number of nitrogens with one attached hydrogen (secondary N) is 1. The van der Waals surface area contributed by atoms with Crippen LogP contribution in [0.5, 0.6) is 5.75 Å². The molecule has 1 aromatic rings. The molecule has 1 N–H and O–H groups in total. The number of rotatable bonds is 5. The third kappa shape index (κ3) is 4.23. The van der Waals surface area contributed by atoms with E-state index < -0.39 is 0 Å². The Hall–Kier alpha value is -0.540. The summed E-state index contributed by atoms with van der Waals surface area (Å²) in [5, 5.41) is 3.40. The van der Waals surface area contributed by atoms with E-state index in [9.17, 15) is 0 Å². The summed E-state index contributed by atoms with van der Waals surface area (Å²) in [6, 6.07) is 4.33. The maximum atomic E-state index is 6.36. The molecule has 1 saturated carbocycles. The first-order valence-electron chi connectivity index (χ1n) is 7.76. The van der Waals surface area contributed by atoms with Gasteiger partial charge in [0.05, 0.1) is 6.10 Å². The van der Waals surface area contributed by atoms with Gasteiger partial charge in [-0.25, -0.2) is 0 Å². The van der Waals surface area contributed by atoms with Crippen LogP contribution in [0.25, 0.3) is 0 Å². The van der Waals surface area contributed by atoms with Crippen LogP contribution in [0.3, 0.4) is 0 Å². The second-order valence-corrected chi connectivity index (χ2v) is 6.91. The average Bonchev–Trinajstić information content (AvgIpc) is 2.42. The Morgan fingerprint density at radius 1 is 1.25 bits per heavy atom. The molecule has 0 radical (unpaired) electrons. The first-order chi connectivity index (χ1) is 9.60. The Labute approximate surface area is 131 Å². The third-order valence-corrected chi connectivity index (χ3v) is 4.59. The van der Waals surface area contributed by atoms with Gasteiger partial charge in [-0.1, -0.05) is 29.8 Å². The first-order valence-corrected chi connectivity index (χ1v) is 8.55. The standard InChI is InChI=1S/C17H26BrNO/c1-4-19-11-14-10-15(18)9-13(3)17(14)20-16-7-5-12(2)6-8-16/h9-10,12,16,19H,4-8,11H2,1-3H3. The van der Waals surface area contributed by atoms with Crippen LogP contribution in [0.4, 0.5) is 0 Å². The maximum Gasteiger partial charge on any atom is 0.127 e. The van der Waals surface area contributed by atoms with Crippen molar-refractivity contribution in [2.45, 2.75) is 59.1 Å². The van der Waals surface area contributed by atoms with E-state index in [0.29, 0.717) is 6.10 Å². The Morgan fingerprint density at radius 3 is 2.60 bits per heavy atom. The quantitative estimate of drug-likeness (QED) is 0.829. The normalized spacial score (nSPS) is 22.8. The lowest BCUT2D eigenvalue weighted by molar-refractivity contribution is 0.133. The van der Waals surface area contributed by atoms with E-state index >= 15 is 0 Å². The third-order valence-electron chi connectivity index (χ3n) is 4.13. The van der Waals surface area contributed by atoms with E-state index in [2.05, 4.69) is 54.2 Å². The summed E-state index contributed by atoms with van der Waals surface area (Å²) in [6.45, 7) is 8.47. The van der Waals surface area contributed by atoms with E-state index in [4.69, 9.17) is 4.74 Å². The molecule has 0 amide bonds. The summed E-state index contributed by atoms with van der Waals surface area (Å²) >= 11 is 3.59. The Bertz CT molecular complexity index is 439. The molecule has 1 aliphatic rings. The largest absolute Gasteiger partial charge is 0.490 e. The minimum Gasteiger partial charge on any atom is -0.490 e. The molecule has 1 aromatic carbocycles. The zero-order chi connectivity index (χ0) is 14.5. The molecule has 20 heavy (non-hydrogen) atoms. The van der Waals surface area contributed by atoms with Crippen molar-refractivity contribution in [2.75, 3.05) is 6.54 Å². The van der Waals surface area contributed by atoms with Crippen molar-refractivity contribution in [3.63, 3.8) is 0 Å². The van der Waals surface area contributed by atoms with Gasteiger partial charge in [0.15, 0.2) is 0 Å². The van der Waals surface area contributed by atoms with Gasteiger partial charge >= 0.3 is 0 Å². The lowest BCUT2D eigenvalue weighted by Crippen LogP contribution is -2.24. The number of hydrogen-bond acceptors (Lipinski definition) is 2. The molecule has 0 saturated heterocycles. The SMILES string of the molecule is CCNCc1cc(Br)cc(C)c1OC1CCC(C)CC1. The number of aryl methyl sites for hydroxylation is 1. The van der Waals surface area contributed by atoms with Crippen LogP contribution in [0.1, 0.15) is 50.7 Å². The van der Waals surface area contributed by atoms with Crippen molar-refractivity contribution in [1.82, 2.24) is 5.32 Å². The Morgan fingerprint density at radius 2 is 1.95 bits per heavy atom. The van der Waals surface area contributed by atoms with Gasteiger partial charge in [-0.3, -0.25) is 0 Å². The van der Waals surface area contributed by atoms with Gasteiger partial charge in [-0.15, -0.1) is 0 Å². The molecule has 1 aliphatic carbocycles. The molecule has 0 aliphatic heterocycles. The van der Waals surface area contributed by atoms with Crippen LogP contribution in [0.15, 0.2) is 16.6 Å². The van der Waals surface area contributed by atoms with Crippen molar-refractivity contribution in [3.05, 3.63) is 27.7 Å². The van der Waals surface area contributed by atoms with Crippen molar-refractivity contribution >= 4 is 15.9 Å². The predicted octanol–water partition coefficient (Wildman–Crippen LogP) is 4.82. The summed E-state index contributed by atoms with van der Waals surface area (Å²) < 4.78 is 7.49. The molecule has 112 valence electrons. The molecule has 0 bridgehead atoms. The Balaban J connectivity index is 2.12. The molecular weight excluding hydrogens is 314 g/mol. The summed E-state index contributed by atoms with van der Waals surface area (Å²) in [7, 11) is 0. The number of halogens is 1. The summed E-state index contributed by atoms with van der Waals surface area (Å²) in [5.41, 5.74) is 2.49. The van der Waals surface area contributed by atoms with Gasteiger partial charge in [0, 0.05) is 16.6 Å². The minimum atomic E-state index is 0.395. The van der Waals surface area contributed by atoms with Gasteiger partial charge in [0.2, 0.25) is 0 Å². The van der Waals surface area contributed by atoms with E-state index in [-0.39, 0.29) is 0 Å². The zero-order valence-corrected chi connectivity index (χ0v) is 14.4. The highest BCUT2D eigenvalue weighted by molar-refractivity contribution is 9.10. The second-order valence-electron chi connectivity index (χ2n) is 5.99. The molecule has 0 atom stereocenters. The fourth-order valence-corrected chi connectivity index (χ4v) is 3.49. The number of ether oxygens (including phenoxy) is 1. The second kappa shape index (κ2) is 7.46. The highest BCUT2D eigenvalue weighted by atomic mass is 79.9. The predicted molar refractivity (Wildman–Crippen MR) is 88.3 cm³/mol. The summed E-state index contributed by atoms with van der Waals surface area (Å²) in [5.74, 6) is 1.95. The highest BCUT2D eigenvalue weighted by Crippen LogP contribution is 2.32. The summed E-state index contributed by atoms with van der Waals surface area (Å²) in [6.07, 6.45) is 5.37. The smallest absolute Gasteiger partial charge is 0.127 e. The molecule has 2 nitrogen and oxygen atoms in total. The van der Waals surface area contributed by atoms with Gasteiger partial charge in [0.25, 0.3) is 0 Å². The number of benzene rings is 1. The molecule has 3 heteroatoms. The molecule has 0 aromatic heterocycles. The van der Waals surface area contributed by atoms with E-state index in [1.807, 2.05) is 0 Å². The minimum absolute atomic E-state index is 0.395. The first kappa shape index (κ1) is 15.8. The van der Waals surface area contributed by atoms with Crippen molar-refractivity contribution < 1.29 is 4.74 Å². The van der Waals surface area contributed by atoms with Crippen LogP contribution in [-0.4, -0.2) is 12.6 Å². The Kier molecular flexibility index (Phi) is 5.91. The maximum absolute atomic E-state index is 6.36. The lowest BCUT2D eigenvalue weighted by atomic mass is 9.89. The van der Waals surface area contributed by atoms with Crippen molar-refractivity contribution in [1.29, 1.82) is 0 Å². The van der Waals surface area contributed by atoms with E-state index in [1.165, 1.54) is 36.8 Å². The van der Waals surface area contributed by atoms with E-state index in [1.54, 1.807) is 0 Å². The van der Waals surface area contributed by atoms with E-state index in [0.717, 1.165) is 29.2 Å². The fraction of sp³-hybridized carbons (Fsp3) is 0.647. The van der Waals surface area contributed by atoms with Crippen molar-refractivity contribution in [3.8, 4) is 5.75 Å². The molecule has 0 heterocycles. The monoisotopic (exact) mass is 339 g/mol. The zero-order valence-electron chi connectivity index (χ0n) is 12.8. The highest BCUT2D eigenvalue weighted by Gasteiger charge is 2.21. The van der Waals surface area contributed by atoms with Gasteiger partial charge < -0.3 is 10.1 Å². The van der Waals surface area contributed by atoms with Gasteiger partial charge in [-0.05, 0) is 62.8 Å². The molecular formula is C17H26BrNO. The van der Waals surface area contributed by atoms with Gasteiger partial charge in [0.1, 0.15) is 5.75 Å². The van der Waals surface area contributed by atoms with Crippen LogP contribution in [-0.2, 0) is 6.54 Å². The topological polar surface area (TPSA) is 21.3 Å². The molecule has 0 unspecified atom stereocenters.